The van der Waals surface area contributed by atoms with Gasteiger partial charge in [-0.3, -0.25) is 9.59 Å². The number of aliphatic hydroxyl groups excluding tert-OH is 2. The van der Waals surface area contributed by atoms with E-state index in [0.717, 1.165) is 64.2 Å². The Balaban J connectivity index is 3.48. The quantitative estimate of drug-likeness (QED) is 0.0322. The van der Waals surface area contributed by atoms with Crippen LogP contribution in [0.4, 0.5) is 0 Å². The molecule has 0 aromatic heterocycles. The summed E-state index contributed by atoms with van der Waals surface area (Å²) >= 11 is 0. The molecule has 0 radical (unpaired) electrons. The van der Waals surface area contributed by atoms with Crippen molar-refractivity contribution in [2.24, 2.45) is 0 Å². The second-order valence-electron chi connectivity index (χ2n) is 17.5. The first-order valence-electron chi connectivity index (χ1n) is 25.9. The van der Waals surface area contributed by atoms with Gasteiger partial charge < -0.3 is 20.3 Å². The molecule has 60 heavy (non-hydrogen) atoms. The first-order chi connectivity index (χ1) is 29.5. The molecule has 0 aliphatic carbocycles. The highest BCUT2D eigenvalue weighted by Crippen LogP contribution is 2.14. The van der Waals surface area contributed by atoms with Gasteiger partial charge in [0.25, 0.3) is 0 Å². The van der Waals surface area contributed by atoms with E-state index >= 15 is 0 Å². The molecule has 0 fully saturated rings. The Hall–Kier alpha value is -2.18. The number of carbonyl (C=O) groups is 2. The Morgan fingerprint density at radius 1 is 0.467 bits per heavy atom. The summed E-state index contributed by atoms with van der Waals surface area (Å²) < 4.78 is 5.46. The van der Waals surface area contributed by atoms with E-state index in [-0.39, 0.29) is 18.5 Å². The van der Waals surface area contributed by atoms with E-state index in [2.05, 4.69) is 55.6 Å². The van der Waals surface area contributed by atoms with E-state index in [4.69, 9.17) is 4.74 Å². The fraction of sp³-hybridized carbons (Fsp3) is 0.815. The molecular formula is C54H99NO5. The lowest BCUT2D eigenvalue weighted by Crippen LogP contribution is -2.45. The molecule has 6 nitrogen and oxygen atoms in total. The molecule has 0 aromatic carbocycles. The number of hydrogen-bond acceptors (Lipinski definition) is 5. The van der Waals surface area contributed by atoms with Crippen LogP contribution in [0.25, 0.3) is 0 Å². The van der Waals surface area contributed by atoms with Crippen molar-refractivity contribution in [1.29, 1.82) is 0 Å². The Morgan fingerprint density at radius 2 is 0.833 bits per heavy atom. The van der Waals surface area contributed by atoms with Gasteiger partial charge in [-0.25, -0.2) is 0 Å². The highest BCUT2D eigenvalue weighted by atomic mass is 16.5. The Labute approximate surface area is 372 Å². The lowest BCUT2D eigenvalue weighted by Gasteiger charge is -2.20. The zero-order chi connectivity index (χ0) is 43.7. The number of aliphatic hydroxyl groups is 2. The minimum Gasteiger partial charge on any atom is -0.466 e. The van der Waals surface area contributed by atoms with Crippen molar-refractivity contribution in [3.8, 4) is 0 Å². The molecule has 0 spiro atoms. The predicted molar refractivity (Wildman–Crippen MR) is 259 cm³/mol. The lowest BCUT2D eigenvalue weighted by atomic mass is 10.1. The Kier molecular flexibility index (Phi) is 47.7. The fourth-order valence-corrected chi connectivity index (χ4v) is 7.54. The van der Waals surface area contributed by atoms with Crippen LogP contribution in [0, 0.1) is 0 Å². The number of esters is 1. The first-order valence-corrected chi connectivity index (χ1v) is 25.9. The molecule has 6 heteroatoms. The summed E-state index contributed by atoms with van der Waals surface area (Å²) in [5.41, 5.74) is 0. The van der Waals surface area contributed by atoms with Gasteiger partial charge in [0.05, 0.1) is 25.4 Å². The summed E-state index contributed by atoms with van der Waals surface area (Å²) in [7, 11) is 0. The van der Waals surface area contributed by atoms with Gasteiger partial charge in [-0.15, -0.1) is 0 Å². The van der Waals surface area contributed by atoms with Gasteiger partial charge in [0, 0.05) is 12.8 Å². The first kappa shape index (κ1) is 57.8. The topological polar surface area (TPSA) is 95.9 Å². The number of ether oxygens (including phenoxy) is 1. The molecule has 0 rings (SSSR count). The molecule has 1 amide bonds. The molecule has 0 aromatic rings. The summed E-state index contributed by atoms with van der Waals surface area (Å²) in [6.45, 7) is 4.82. The van der Waals surface area contributed by atoms with E-state index in [0.29, 0.717) is 19.4 Å². The van der Waals surface area contributed by atoms with E-state index in [1.54, 1.807) is 6.08 Å². The molecule has 0 saturated carbocycles. The van der Waals surface area contributed by atoms with Crippen LogP contribution in [-0.4, -0.2) is 47.4 Å². The summed E-state index contributed by atoms with van der Waals surface area (Å²) in [6, 6.07) is -0.636. The van der Waals surface area contributed by atoms with Crippen LogP contribution in [-0.2, 0) is 14.3 Å². The minimum atomic E-state index is -0.851. The van der Waals surface area contributed by atoms with Gasteiger partial charge >= 0.3 is 5.97 Å². The molecule has 0 aliphatic heterocycles. The number of unbranched alkanes of at least 4 members (excludes halogenated alkanes) is 30. The van der Waals surface area contributed by atoms with Crippen molar-refractivity contribution in [2.75, 3.05) is 13.2 Å². The number of allylic oxidation sites excluding steroid dienone is 7. The van der Waals surface area contributed by atoms with Crippen LogP contribution in [0.3, 0.4) is 0 Å². The van der Waals surface area contributed by atoms with Gasteiger partial charge in [0.2, 0.25) is 5.91 Å². The fourth-order valence-electron chi connectivity index (χ4n) is 7.54. The normalized spacial score (nSPS) is 13.1. The van der Waals surface area contributed by atoms with Crippen molar-refractivity contribution >= 4 is 11.9 Å². The molecular weight excluding hydrogens is 743 g/mol. The minimum absolute atomic E-state index is 0.0174. The van der Waals surface area contributed by atoms with Crippen LogP contribution in [0.15, 0.2) is 48.6 Å². The molecule has 0 aliphatic rings. The number of rotatable bonds is 47. The van der Waals surface area contributed by atoms with Crippen LogP contribution in [0.5, 0.6) is 0 Å². The van der Waals surface area contributed by atoms with E-state index in [1.807, 2.05) is 6.08 Å². The largest absolute Gasteiger partial charge is 0.466 e. The van der Waals surface area contributed by atoms with Crippen LogP contribution < -0.4 is 5.32 Å². The lowest BCUT2D eigenvalue weighted by molar-refractivity contribution is -0.143. The Morgan fingerprint density at radius 3 is 1.30 bits per heavy atom. The third-order valence-electron chi connectivity index (χ3n) is 11.6. The maximum atomic E-state index is 12.4. The maximum Gasteiger partial charge on any atom is 0.305 e. The van der Waals surface area contributed by atoms with Crippen molar-refractivity contribution < 1.29 is 24.5 Å². The average molecular weight is 842 g/mol. The summed E-state index contributed by atoms with van der Waals surface area (Å²) in [4.78, 5) is 24.4. The van der Waals surface area contributed by atoms with Crippen LogP contribution >= 0.6 is 0 Å². The van der Waals surface area contributed by atoms with Gasteiger partial charge in [0.15, 0.2) is 0 Å². The van der Waals surface area contributed by atoms with Crippen molar-refractivity contribution in [3.63, 3.8) is 0 Å². The van der Waals surface area contributed by atoms with Crippen molar-refractivity contribution in [1.82, 2.24) is 5.32 Å². The molecule has 2 unspecified atom stereocenters. The number of carbonyl (C=O) groups excluding carboxylic acids is 2. The molecule has 3 N–H and O–H groups in total. The zero-order valence-electron chi connectivity index (χ0n) is 39.7. The van der Waals surface area contributed by atoms with Gasteiger partial charge in [-0.1, -0.05) is 204 Å². The number of amides is 1. The summed E-state index contributed by atoms with van der Waals surface area (Å²) in [5, 5.41) is 22.9. The van der Waals surface area contributed by atoms with Gasteiger partial charge in [0.1, 0.15) is 0 Å². The third-order valence-corrected chi connectivity index (χ3v) is 11.6. The number of nitrogens with one attached hydrogen (secondary N) is 1. The highest BCUT2D eigenvalue weighted by Gasteiger charge is 2.18. The summed E-state index contributed by atoms with van der Waals surface area (Å²) in [5.74, 6) is -0.101. The molecule has 2 atom stereocenters. The molecule has 0 heterocycles. The zero-order valence-corrected chi connectivity index (χ0v) is 39.7. The van der Waals surface area contributed by atoms with E-state index in [9.17, 15) is 19.8 Å². The summed E-state index contributed by atoms with van der Waals surface area (Å²) in [6.07, 6.45) is 61.1. The number of hydrogen-bond donors (Lipinski definition) is 3. The monoisotopic (exact) mass is 842 g/mol. The molecule has 0 bridgehead atoms. The van der Waals surface area contributed by atoms with Gasteiger partial charge in [-0.2, -0.15) is 0 Å². The molecule has 0 saturated heterocycles. The SMILES string of the molecule is CCCCCC/C=C\C/C=C\CCCCCCCC(=O)OCCCCCCCC/C=C\CCCCCCCCCC(=O)NC(CO)C(O)/C=C/CCCCCCCCCC. The maximum absolute atomic E-state index is 12.4. The Bertz CT molecular complexity index is 1020. The second-order valence-corrected chi connectivity index (χ2v) is 17.5. The van der Waals surface area contributed by atoms with Gasteiger partial charge in [-0.05, 0) is 89.9 Å². The third kappa shape index (κ3) is 45.3. The second kappa shape index (κ2) is 49.5. The van der Waals surface area contributed by atoms with Crippen LogP contribution in [0.2, 0.25) is 0 Å². The smallest absolute Gasteiger partial charge is 0.305 e. The average Bonchev–Trinajstić information content (AvgIpc) is 3.25. The van der Waals surface area contributed by atoms with E-state index < -0.39 is 12.1 Å². The van der Waals surface area contributed by atoms with Crippen molar-refractivity contribution in [3.05, 3.63) is 48.6 Å². The van der Waals surface area contributed by atoms with Crippen molar-refractivity contribution in [2.45, 2.75) is 270 Å². The van der Waals surface area contributed by atoms with E-state index in [1.165, 1.54) is 167 Å². The highest BCUT2D eigenvalue weighted by molar-refractivity contribution is 5.76. The molecule has 350 valence electrons. The standard InChI is InChI=1S/C54H99NO5/c1-3-5-7-9-11-13-15-16-17-22-25-28-32-36-40-44-48-54(59)60-49-45-41-37-33-29-26-23-20-18-19-21-24-27-31-35-39-43-47-53(58)55-51(50-56)52(57)46-42-38-34-30-14-12-10-8-6-4-2/h13,15,17-18,20,22,42,46,51-52,56-57H,3-12,14,16,19,21,23-41,43-45,47-50H2,1-2H3,(H,55,58)/b15-13-,20-18-,22-17-,46-42+. The van der Waals surface area contributed by atoms with Crippen LogP contribution in [0.1, 0.15) is 258 Å². The predicted octanol–water partition coefficient (Wildman–Crippen LogP) is 15.5.